The third-order valence-corrected chi connectivity index (χ3v) is 8.25. The number of fused-ring (bicyclic) bond motifs is 2. The zero-order valence-electron chi connectivity index (χ0n) is 17.6. The molecule has 0 aliphatic heterocycles. The quantitative estimate of drug-likeness (QED) is 0.427. The Kier molecular flexibility index (Phi) is 6.15. The summed E-state index contributed by atoms with van der Waals surface area (Å²) in [7, 11) is -3.92. The molecule has 0 saturated heterocycles. The normalized spacial score (nSPS) is 26.9. The van der Waals surface area contributed by atoms with Gasteiger partial charge in [-0.1, -0.05) is 38.4 Å². The van der Waals surface area contributed by atoms with E-state index in [1.807, 2.05) is 6.92 Å². The van der Waals surface area contributed by atoms with Crippen molar-refractivity contribution in [2.45, 2.75) is 59.1 Å². The SMILES string of the molecule is CCCCON=C1CC2CCC1(CS(=O)(=O)Nc1cccc(C(F)(F)F)c1)C2(C)C. The number of oxime groups is 1. The van der Waals surface area contributed by atoms with Crippen molar-refractivity contribution in [1.29, 1.82) is 0 Å². The summed E-state index contributed by atoms with van der Waals surface area (Å²) in [5.41, 5.74) is -1.20. The number of benzene rings is 1. The number of nitrogens with one attached hydrogen (secondary N) is 1. The van der Waals surface area contributed by atoms with Crippen LogP contribution in [0.2, 0.25) is 0 Å². The molecule has 168 valence electrons. The van der Waals surface area contributed by atoms with E-state index in [-0.39, 0.29) is 16.9 Å². The van der Waals surface area contributed by atoms with Crippen molar-refractivity contribution < 1.29 is 26.4 Å². The van der Waals surface area contributed by atoms with Gasteiger partial charge >= 0.3 is 6.18 Å². The molecule has 0 radical (unpaired) electrons. The number of alkyl halides is 3. The molecule has 1 aromatic carbocycles. The van der Waals surface area contributed by atoms with Crippen LogP contribution in [-0.2, 0) is 21.0 Å². The van der Waals surface area contributed by atoms with Crippen molar-refractivity contribution in [1.82, 2.24) is 0 Å². The number of anilines is 1. The van der Waals surface area contributed by atoms with Crippen LogP contribution in [0.25, 0.3) is 0 Å². The molecule has 2 bridgehead atoms. The minimum absolute atomic E-state index is 0.0933. The van der Waals surface area contributed by atoms with E-state index >= 15 is 0 Å². The molecular formula is C21H29F3N2O3S. The molecule has 0 heterocycles. The Balaban J connectivity index is 1.84. The highest BCUT2D eigenvalue weighted by atomic mass is 32.2. The van der Waals surface area contributed by atoms with Crippen molar-refractivity contribution in [2.24, 2.45) is 21.9 Å². The van der Waals surface area contributed by atoms with Crippen LogP contribution in [0.5, 0.6) is 0 Å². The highest BCUT2D eigenvalue weighted by Gasteiger charge is 2.64. The second kappa shape index (κ2) is 8.05. The lowest BCUT2D eigenvalue weighted by Crippen LogP contribution is -2.43. The van der Waals surface area contributed by atoms with Gasteiger partial charge in [0.05, 0.1) is 17.0 Å². The van der Waals surface area contributed by atoms with E-state index in [9.17, 15) is 21.6 Å². The van der Waals surface area contributed by atoms with Gasteiger partial charge in [-0.2, -0.15) is 13.2 Å². The van der Waals surface area contributed by atoms with Gasteiger partial charge in [0.15, 0.2) is 0 Å². The van der Waals surface area contributed by atoms with Crippen molar-refractivity contribution in [3.63, 3.8) is 0 Å². The summed E-state index contributed by atoms with van der Waals surface area (Å²) in [6.07, 6.45) is -0.435. The second-order valence-electron chi connectivity index (χ2n) is 8.91. The average molecular weight is 447 g/mol. The standard InChI is InChI=1S/C21H29F3N2O3S/c1-4-5-11-29-25-18-13-15-9-10-20(18,19(15,2)3)14-30(27,28)26-17-8-6-7-16(12-17)21(22,23)24/h6-8,12,15,26H,4-5,9-11,13-14H2,1-3H3. The van der Waals surface area contributed by atoms with Crippen LogP contribution >= 0.6 is 0 Å². The minimum atomic E-state index is -4.54. The summed E-state index contributed by atoms with van der Waals surface area (Å²) in [6.45, 7) is 6.64. The summed E-state index contributed by atoms with van der Waals surface area (Å²) in [5, 5.41) is 4.32. The number of rotatable bonds is 8. The van der Waals surface area contributed by atoms with Crippen LogP contribution in [0.1, 0.15) is 58.4 Å². The number of halogens is 3. The first kappa shape index (κ1) is 22.9. The van der Waals surface area contributed by atoms with Crippen molar-refractivity contribution in [2.75, 3.05) is 17.1 Å². The maximum atomic E-state index is 13.0. The van der Waals surface area contributed by atoms with Crippen LogP contribution in [-0.4, -0.2) is 26.5 Å². The van der Waals surface area contributed by atoms with Gasteiger partial charge in [-0.25, -0.2) is 8.42 Å². The largest absolute Gasteiger partial charge is 0.416 e. The van der Waals surface area contributed by atoms with Gasteiger partial charge in [-0.15, -0.1) is 0 Å². The lowest BCUT2D eigenvalue weighted by molar-refractivity contribution is -0.137. The van der Waals surface area contributed by atoms with Gasteiger partial charge in [0, 0.05) is 11.1 Å². The molecule has 2 atom stereocenters. The summed E-state index contributed by atoms with van der Waals surface area (Å²) in [4.78, 5) is 5.46. The molecule has 9 heteroatoms. The Morgan fingerprint density at radius 3 is 2.67 bits per heavy atom. The fraction of sp³-hybridized carbons (Fsp3) is 0.667. The van der Waals surface area contributed by atoms with Gasteiger partial charge < -0.3 is 4.84 Å². The average Bonchev–Trinajstić information content (AvgIpc) is 2.98. The van der Waals surface area contributed by atoms with E-state index in [1.165, 1.54) is 12.1 Å². The molecular weight excluding hydrogens is 417 g/mol. The maximum Gasteiger partial charge on any atom is 0.416 e. The smallest absolute Gasteiger partial charge is 0.396 e. The van der Waals surface area contributed by atoms with E-state index in [4.69, 9.17) is 4.84 Å². The fourth-order valence-corrected chi connectivity index (χ4v) is 6.78. The molecule has 2 aliphatic carbocycles. The fourth-order valence-electron chi connectivity index (χ4n) is 4.89. The summed E-state index contributed by atoms with van der Waals surface area (Å²) in [5.74, 6) is 0.0881. The topological polar surface area (TPSA) is 67.8 Å². The molecule has 1 N–H and O–H groups in total. The van der Waals surface area contributed by atoms with E-state index < -0.39 is 27.2 Å². The molecule has 2 unspecified atom stereocenters. The van der Waals surface area contributed by atoms with Crippen molar-refractivity contribution in [3.05, 3.63) is 29.8 Å². The van der Waals surface area contributed by atoms with Crippen LogP contribution in [0.4, 0.5) is 18.9 Å². The maximum absolute atomic E-state index is 13.0. The summed E-state index contributed by atoms with van der Waals surface area (Å²) >= 11 is 0. The molecule has 0 spiro atoms. The number of hydrogen-bond donors (Lipinski definition) is 1. The first-order valence-electron chi connectivity index (χ1n) is 10.3. The Morgan fingerprint density at radius 1 is 1.30 bits per heavy atom. The molecule has 5 nitrogen and oxygen atoms in total. The van der Waals surface area contributed by atoms with Crippen LogP contribution in [0.15, 0.2) is 29.4 Å². The molecule has 2 fully saturated rings. The van der Waals surface area contributed by atoms with Crippen LogP contribution in [0.3, 0.4) is 0 Å². The first-order valence-corrected chi connectivity index (χ1v) is 11.9. The molecule has 2 aliphatic rings. The van der Waals surface area contributed by atoms with Gasteiger partial charge in [-0.05, 0) is 55.2 Å². The highest BCUT2D eigenvalue weighted by Crippen LogP contribution is 2.64. The third kappa shape index (κ3) is 4.31. The minimum Gasteiger partial charge on any atom is -0.396 e. The number of hydrogen-bond acceptors (Lipinski definition) is 4. The molecule has 2 saturated carbocycles. The van der Waals surface area contributed by atoms with E-state index in [0.717, 1.165) is 37.1 Å². The lowest BCUT2D eigenvalue weighted by atomic mass is 9.70. The monoisotopic (exact) mass is 446 g/mol. The summed E-state index contributed by atoms with van der Waals surface area (Å²) in [6, 6.07) is 4.24. The Morgan fingerprint density at radius 2 is 2.03 bits per heavy atom. The summed E-state index contributed by atoms with van der Waals surface area (Å²) < 4.78 is 67.3. The van der Waals surface area contributed by atoms with Gasteiger partial charge in [0.1, 0.15) is 6.61 Å². The number of nitrogens with zero attached hydrogens (tertiary/aromatic N) is 1. The zero-order valence-corrected chi connectivity index (χ0v) is 18.4. The predicted octanol–water partition coefficient (Wildman–Crippen LogP) is 5.45. The Hall–Kier alpha value is -1.77. The molecule has 3 rings (SSSR count). The van der Waals surface area contributed by atoms with Gasteiger partial charge in [0.2, 0.25) is 10.0 Å². The Bertz CT molecular complexity index is 912. The van der Waals surface area contributed by atoms with Crippen LogP contribution in [0, 0.1) is 16.7 Å². The molecule has 1 aromatic rings. The van der Waals surface area contributed by atoms with Crippen molar-refractivity contribution >= 4 is 21.4 Å². The van der Waals surface area contributed by atoms with E-state index in [1.54, 1.807) is 0 Å². The van der Waals surface area contributed by atoms with Crippen molar-refractivity contribution in [3.8, 4) is 0 Å². The highest BCUT2D eigenvalue weighted by molar-refractivity contribution is 7.92. The number of unbranched alkanes of at least 4 members (excludes halogenated alkanes) is 1. The van der Waals surface area contributed by atoms with E-state index in [0.29, 0.717) is 25.4 Å². The molecule has 30 heavy (non-hydrogen) atoms. The van der Waals surface area contributed by atoms with Gasteiger partial charge in [-0.3, -0.25) is 4.72 Å². The molecule has 0 amide bonds. The van der Waals surface area contributed by atoms with Gasteiger partial charge in [0.25, 0.3) is 0 Å². The predicted molar refractivity (Wildman–Crippen MR) is 111 cm³/mol. The second-order valence-corrected chi connectivity index (χ2v) is 10.6. The zero-order chi connectivity index (χ0) is 22.2. The molecule has 0 aromatic heterocycles. The lowest BCUT2D eigenvalue weighted by Gasteiger charge is -2.37. The van der Waals surface area contributed by atoms with Crippen LogP contribution < -0.4 is 4.72 Å². The number of sulfonamides is 1. The van der Waals surface area contributed by atoms with E-state index in [2.05, 4.69) is 23.7 Å². The first-order chi connectivity index (χ1) is 13.9. The third-order valence-electron chi connectivity index (χ3n) is 6.83. The Labute approximate surface area is 176 Å².